The van der Waals surface area contributed by atoms with Gasteiger partial charge in [0.25, 0.3) is 0 Å². The van der Waals surface area contributed by atoms with Gasteiger partial charge in [0.2, 0.25) is 0 Å². The molecule has 0 aliphatic heterocycles. The van der Waals surface area contributed by atoms with Crippen molar-refractivity contribution in [2.24, 2.45) is 5.92 Å². The molecule has 1 aliphatic carbocycles. The number of anilines is 1. The van der Waals surface area contributed by atoms with Crippen LogP contribution in [-0.4, -0.2) is 41.2 Å². The fourth-order valence-electron chi connectivity index (χ4n) is 3.70. The van der Waals surface area contributed by atoms with E-state index in [1.165, 1.54) is 12.1 Å². The van der Waals surface area contributed by atoms with E-state index in [0.717, 1.165) is 12.1 Å². The van der Waals surface area contributed by atoms with Crippen molar-refractivity contribution in [3.05, 3.63) is 59.9 Å². The quantitative estimate of drug-likeness (QED) is 0.503. The van der Waals surface area contributed by atoms with E-state index in [2.05, 4.69) is 15.7 Å². The van der Waals surface area contributed by atoms with E-state index in [-0.39, 0.29) is 17.5 Å². The second-order valence-electron chi connectivity index (χ2n) is 9.46. The Balaban J connectivity index is 1.51. The molecule has 4 rings (SSSR count). The Labute approximate surface area is 203 Å². The Morgan fingerprint density at radius 1 is 1.23 bits per heavy atom. The van der Waals surface area contributed by atoms with Crippen molar-refractivity contribution in [1.82, 2.24) is 15.1 Å². The number of methoxy groups -OCH3 is 1. The molecule has 1 heterocycles. The third-order valence-corrected chi connectivity index (χ3v) is 5.58. The number of nitrogens with zero attached hydrogens (tertiary/aromatic N) is 3. The van der Waals surface area contributed by atoms with E-state index >= 15 is 0 Å². The van der Waals surface area contributed by atoms with Crippen molar-refractivity contribution in [2.45, 2.75) is 38.8 Å². The smallest absolute Gasteiger partial charge is 0.407 e. The number of hydrogen-bond donors (Lipinski definition) is 2. The summed E-state index contributed by atoms with van der Waals surface area (Å²) >= 11 is 0. The van der Waals surface area contributed by atoms with Crippen LogP contribution >= 0.6 is 0 Å². The van der Waals surface area contributed by atoms with Crippen molar-refractivity contribution < 1.29 is 18.7 Å². The van der Waals surface area contributed by atoms with E-state index in [0.29, 0.717) is 29.4 Å². The van der Waals surface area contributed by atoms with Crippen LogP contribution in [0.3, 0.4) is 0 Å². The molecule has 2 aromatic carbocycles. The van der Waals surface area contributed by atoms with Crippen LogP contribution in [0.2, 0.25) is 0 Å². The summed E-state index contributed by atoms with van der Waals surface area (Å²) in [6.07, 6.45) is 0.429. The zero-order chi connectivity index (χ0) is 25.2. The molecule has 0 saturated heterocycles. The highest BCUT2D eigenvalue weighted by Gasteiger charge is 2.39. The van der Waals surface area contributed by atoms with Crippen molar-refractivity contribution >= 4 is 11.9 Å². The Kier molecular flexibility index (Phi) is 6.65. The number of carbonyl (C=O) groups is 1. The topological polar surface area (TPSA) is 101 Å². The summed E-state index contributed by atoms with van der Waals surface area (Å²) in [5.41, 5.74) is 1.48. The maximum atomic E-state index is 14.4. The number of alkyl carbamates (subject to hydrolysis) is 1. The van der Waals surface area contributed by atoms with Gasteiger partial charge in [0, 0.05) is 24.2 Å². The van der Waals surface area contributed by atoms with Crippen LogP contribution in [0.5, 0.6) is 5.75 Å². The number of hydrogen-bond acceptors (Lipinski definition) is 6. The Morgan fingerprint density at radius 2 is 1.97 bits per heavy atom. The van der Waals surface area contributed by atoms with Gasteiger partial charge in [0.15, 0.2) is 0 Å². The summed E-state index contributed by atoms with van der Waals surface area (Å²) in [6, 6.07) is 15.6. The lowest BCUT2D eigenvalue weighted by Crippen LogP contribution is -2.34. The van der Waals surface area contributed by atoms with Gasteiger partial charge in [0.05, 0.1) is 24.1 Å². The first-order valence-electron chi connectivity index (χ1n) is 11.3. The van der Waals surface area contributed by atoms with Crippen LogP contribution in [0.15, 0.2) is 48.5 Å². The van der Waals surface area contributed by atoms with Crippen LogP contribution in [0, 0.1) is 23.1 Å². The van der Waals surface area contributed by atoms with Gasteiger partial charge in [-0.25, -0.2) is 13.9 Å². The summed E-state index contributed by atoms with van der Waals surface area (Å²) in [5, 5.41) is 20.0. The molecule has 35 heavy (non-hydrogen) atoms. The lowest BCUT2D eigenvalue weighted by Gasteiger charge is -2.19. The summed E-state index contributed by atoms with van der Waals surface area (Å²) in [7, 11) is 1.60. The predicted molar refractivity (Wildman–Crippen MR) is 130 cm³/mol. The van der Waals surface area contributed by atoms with E-state index in [4.69, 9.17) is 14.7 Å². The van der Waals surface area contributed by atoms with Gasteiger partial charge in [-0.3, -0.25) is 0 Å². The third-order valence-electron chi connectivity index (χ3n) is 5.58. The van der Waals surface area contributed by atoms with Crippen molar-refractivity contribution in [1.29, 1.82) is 5.26 Å². The molecule has 8 nitrogen and oxygen atoms in total. The monoisotopic (exact) mass is 477 g/mol. The van der Waals surface area contributed by atoms with Crippen LogP contribution in [-0.2, 0) is 4.74 Å². The minimum Gasteiger partial charge on any atom is -0.497 e. The maximum Gasteiger partial charge on any atom is 0.407 e. The maximum absolute atomic E-state index is 14.4. The second-order valence-corrected chi connectivity index (χ2v) is 9.46. The molecule has 0 unspecified atom stereocenters. The number of halogens is 1. The largest absolute Gasteiger partial charge is 0.497 e. The summed E-state index contributed by atoms with van der Waals surface area (Å²) in [6.45, 7) is 6.10. The van der Waals surface area contributed by atoms with Crippen molar-refractivity contribution in [2.75, 3.05) is 19.0 Å². The van der Waals surface area contributed by atoms with Gasteiger partial charge < -0.3 is 20.1 Å². The summed E-state index contributed by atoms with van der Waals surface area (Å²) < 4.78 is 26.6. The Hall–Kier alpha value is -4.06. The molecule has 2 atom stereocenters. The first kappa shape index (κ1) is 24.1. The van der Waals surface area contributed by atoms with E-state index < -0.39 is 17.5 Å². The van der Waals surface area contributed by atoms with Gasteiger partial charge >= 0.3 is 6.09 Å². The Morgan fingerprint density at radius 3 is 2.60 bits per heavy atom. The number of amides is 1. The number of nitrogens with one attached hydrogen (secondary N) is 2. The van der Waals surface area contributed by atoms with Crippen molar-refractivity contribution in [3.8, 4) is 28.8 Å². The van der Waals surface area contributed by atoms with Crippen LogP contribution in [0.25, 0.3) is 16.9 Å². The molecular weight excluding hydrogens is 449 g/mol. The SMILES string of the molecule is COc1ccc(-n2nc(NC[C@@H]3C[C@H]3NC(=O)OC(C)(C)C)cc2-c2ccc(C#N)c(F)c2)cc1. The van der Waals surface area contributed by atoms with Gasteiger partial charge in [-0.1, -0.05) is 6.07 Å². The molecular formula is C26H28FN5O3. The average Bonchev–Trinajstić information content (AvgIpc) is 3.40. The zero-order valence-electron chi connectivity index (χ0n) is 20.1. The zero-order valence-corrected chi connectivity index (χ0v) is 20.1. The van der Waals surface area contributed by atoms with Crippen LogP contribution in [0.1, 0.15) is 32.8 Å². The predicted octanol–water partition coefficient (Wildman–Crippen LogP) is 4.88. The molecule has 0 spiro atoms. The van der Waals surface area contributed by atoms with Gasteiger partial charge in [-0.15, -0.1) is 5.10 Å². The number of benzene rings is 2. The lowest BCUT2D eigenvalue weighted by molar-refractivity contribution is 0.0521. The van der Waals surface area contributed by atoms with E-state index in [9.17, 15) is 9.18 Å². The molecule has 182 valence electrons. The molecule has 0 bridgehead atoms. The first-order valence-corrected chi connectivity index (χ1v) is 11.3. The van der Waals surface area contributed by atoms with E-state index in [1.807, 2.05) is 57.2 Å². The standard InChI is InChI=1S/C26H28FN5O3/c1-26(2,3)35-25(33)30-22-12-18(22)15-29-24-13-23(16-5-6-17(14-28)21(27)11-16)32(31-24)19-7-9-20(34-4)10-8-19/h5-11,13,18,22H,12,15H2,1-4H3,(H,29,31)(H,30,33)/t18-,22+/m0/s1. The summed E-state index contributed by atoms with van der Waals surface area (Å²) in [5.74, 6) is 0.992. The summed E-state index contributed by atoms with van der Waals surface area (Å²) in [4.78, 5) is 12.0. The van der Waals surface area contributed by atoms with Crippen LogP contribution in [0.4, 0.5) is 15.0 Å². The molecule has 9 heteroatoms. The normalized spacial score (nSPS) is 16.8. The molecule has 1 amide bonds. The molecule has 1 aromatic heterocycles. The van der Waals surface area contributed by atoms with Gasteiger partial charge in [0.1, 0.15) is 29.1 Å². The Bertz CT molecular complexity index is 1260. The minimum atomic E-state index is -0.587. The third kappa shape index (κ3) is 5.90. The first-order chi connectivity index (χ1) is 16.7. The average molecular weight is 478 g/mol. The molecule has 2 N–H and O–H groups in total. The number of rotatable bonds is 7. The van der Waals surface area contributed by atoms with E-state index in [1.54, 1.807) is 17.9 Å². The van der Waals surface area contributed by atoms with Crippen molar-refractivity contribution in [3.63, 3.8) is 0 Å². The second kappa shape index (κ2) is 9.66. The van der Waals surface area contributed by atoms with Crippen LogP contribution < -0.4 is 15.4 Å². The van der Waals surface area contributed by atoms with Gasteiger partial charge in [-0.2, -0.15) is 5.26 Å². The highest BCUT2D eigenvalue weighted by atomic mass is 19.1. The number of ether oxygens (including phenoxy) is 2. The fourth-order valence-corrected chi connectivity index (χ4v) is 3.70. The molecule has 1 fully saturated rings. The fraction of sp³-hybridized carbons (Fsp3) is 0.346. The number of carbonyl (C=O) groups excluding carboxylic acids is 1. The highest BCUT2D eigenvalue weighted by Crippen LogP contribution is 2.32. The van der Waals surface area contributed by atoms with Gasteiger partial charge in [-0.05, 0) is 69.5 Å². The molecule has 1 saturated carbocycles. The number of nitriles is 1. The highest BCUT2D eigenvalue weighted by molar-refractivity contribution is 5.69. The molecule has 0 radical (unpaired) electrons. The number of aromatic nitrogens is 2. The minimum absolute atomic E-state index is 0.0140. The molecule has 1 aliphatic rings. The molecule has 3 aromatic rings. The lowest BCUT2D eigenvalue weighted by atomic mass is 10.1.